The van der Waals surface area contributed by atoms with Crippen LogP contribution in [0, 0.1) is 11.3 Å². The zero-order valence-electron chi connectivity index (χ0n) is 13.6. The van der Waals surface area contributed by atoms with E-state index in [0.717, 1.165) is 18.9 Å². The third-order valence-corrected chi connectivity index (χ3v) is 5.62. The highest BCUT2D eigenvalue weighted by atomic mass is 15.3. The molecule has 2 heterocycles. The van der Waals surface area contributed by atoms with Crippen molar-refractivity contribution in [3.63, 3.8) is 0 Å². The lowest BCUT2D eigenvalue weighted by molar-refractivity contribution is 0.169. The van der Waals surface area contributed by atoms with Gasteiger partial charge in [0.25, 0.3) is 0 Å². The van der Waals surface area contributed by atoms with E-state index in [9.17, 15) is 5.26 Å². The van der Waals surface area contributed by atoms with Crippen LogP contribution in [-0.4, -0.2) is 59.6 Å². The minimum Gasteiger partial charge on any atom is -0.299 e. The molecule has 1 N–H and O–H groups in total. The monoisotopic (exact) mass is 290 g/mol. The van der Waals surface area contributed by atoms with Gasteiger partial charge in [-0.25, -0.2) is 0 Å². The molecule has 2 aliphatic heterocycles. The molecule has 3 atom stereocenters. The maximum atomic E-state index is 9.65. The Kier molecular flexibility index (Phi) is 4.54. The molecule has 0 aromatic rings. The quantitative estimate of drug-likeness (QED) is 0.863. The fraction of sp³-hybridized carbons (Fsp3) is 0.941. The lowest BCUT2D eigenvalue weighted by Gasteiger charge is -2.32. The van der Waals surface area contributed by atoms with Crippen LogP contribution in [0.3, 0.4) is 0 Å². The summed E-state index contributed by atoms with van der Waals surface area (Å²) in [5, 5.41) is 13.2. The molecule has 0 amide bonds. The van der Waals surface area contributed by atoms with E-state index in [1.54, 1.807) is 0 Å². The molecule has 0 bridgehead atoms. The highest BCUT2D eigenvalue weighted by Crippen LogP contribution is 2.35. The van der Waals surface area contributed by atoms with Crippen molar-refractivity contribution < 1.29 is 0 Å². The smallest absolute Gasteiger partial charge is 0.108 e. The van der Waals surface area contributed by atoms with Crippen molar-refractivity contribution in [3.05, 3.63) is 0 Å². The maximum Gasteiger partial charge on any atom is 0.108 e. The SMILES string of the molecule is CC(C)NC1(C#N)CCC(N2CCCN3CCCC3C2)C1. The van der Waals surface area contributed by atoms with Crippen LogP contribution in [0.25, 0.3) is 0 Å². The summed E-state index contributed by atoms with van der Waals surface area (Å²) >= 11 is 0. The zero-order chi connectivity index (χ0) is 14.9. The van der Waals surface area contributed by atoms with Crippen molar-refractivity contribution >= 4 is 0 Å². The number of nitrogens with one attached hydrogen (secondary N) is 1. The molecule has 3 fully saturated rings. The summed E-state index contributed by atoms with van der Waals surface area (Å²) in [6.07, 6.45) is 7.24. The molecular weight excluding hydrogens is 260 g/mol. The first-order chi connectivity index (χ1) is 10.1. The number of hydrogen-bond acceptors (Lipinski definition) is 4. The highest BCUT2D eigenvalue weighted by molar-refractivity contribution is 5.14. The summed E-state index contributed by atoms with van der Waals surface area (Å²) in [6.45, 7) is 9.33. The molecule has 118 valence electrons. The summed E-state index contributed by atoms with van der Waals surface area (Å²) in [5.74, 6) is 0. The number of hydrogen-bond donors (Lipinski definition) is 1. The largest absolute Gasteiger partial charge is 0.299 e. The third kappa shape index (κ3) is 3.26. The molecule has 0 aromatic heterocycles. The number of nitriles is 1. The Balaban J connectivity index is 1.63. The summed E-state index contributed by atoms with van der Waals surface area (Å²) in [4.78, 5) is 5.40. The number of fused-ring (bicyclic) bond motifs is 1. The lowest BCUT2D eigenvalue weighted by atomic mass is 9.98. The van der Waals surface area contributed by atoms with Crippen LogP contribution in [0.4, 0.5) is 0 Å². The second-order valence-electron chi connectivity index (χ2n) is 7.57. The van der Waals surface area contributed by atoms with Gasteiger partial charge in [-0.2, -0.15) is 5.26 Å². The van der Waals surface area contributed by atoms with E-state index in [1.807, 2.05) is 0 Å². The average Bonchev–Trinajstić information content (AvgIpc) is 3.01. The van der Waals surface area contributed by atoms with Crippen LogP contribution in [0.1, 0.15) is 52.4 Å². The van der Waals surface area contributed by atoms with Crippen molar-refractivity contribution in [3.8, 4) is 6.07 Å². The van der Waals surface area contributed by atoms with Crippen LogP contribution in [0.15, 0.2) is 0 Å². The van der Waals surface area contributed by atoms with Crippen LogP contribution in [0.5, 0.6) is 0 Å². The van der Waals surface area contributed by atoms with Gasteiger partial charge in [-0.15, -0.1) is 0 Å². The van der Waals surface area contributed by atoms with Gasteiger partial charge in [-0.1, -0.05) is 0 Å². The van der Waals surface area contributed by atoms with Gasteiger partial charge in [0.05, 0.1) is 6.07 Å². The van der Waals surface area contributed by atoms with Crippen molar-refractivity contribution in [2.75, 3.05) is 26.2 Å². The number of rotatable bonds is 3. The molecule has 21 heavy (non-hydrogen) atoms. The van der Waals surface area contributed by atoms with Gasteiger partial charge >= 0.3 is 0 Å². The first-order valence-corrected chi connectivity index (χ1v) is 8.79. The minimum atomic E-state index is -0.277. The minimum absolute atomic E-state index is 0.277. The van der Waals surface area contributed by atoms with E-state index in [2.05, 4.69) is 35.0 Å². The Bertz CT molecular complexity index is 402. The maximum absolute atomic E-state index is 9.65. The highest BCUT2D eigenvalue weighted by Gasteiger charge is 2.43. The second-order valence-corrected chi connectivity index (χ2v) is 7.57. The third-order valence-electron chi connectivity index (χ3n) is 5.62. The van der Waals surface area contributed by atoms with Crippen molar-refractivity contribution in [1.82, 2.24) is 15.1 Å². The molecule has 3 unspecified atom stereocenters. The fourth-order valence-corrected chi connectivity index (χ4v) is 4.72. The fourth-order valence-electron chi connectivity index (χ4n) is 4.72. The Hall–Kier alpha value is -0.630. The van der Waals surface area contributed by atoms with Crippen LogP contribution in [0.2, 0.25) is 0 Å². The van der Waals surface area contributed by atoms with Gasteiger partial charge in [0.1, 0.15) is 5.54 Å². The van der Waals surface area contributed by atoms with Crippen molar-refractivity contribution in [2.24, 2.45) is 0 Å². The van der Waals surface area contributed by atoms with E-state index < -0.39 is 0 Å². The molecular formula is C17H30N4. The normalized spacial score (nSPS) is 38.4. The predicted octanol–water partition coefficient (Wildman–Crippen LogP) is 1.97. The summed E-state index contributed by atoms with van der Waals surface area (Å²) in [7, 11) is 0. The van der Waals surface area contributed by atoms with Gasteiger partial charge in [0.15, 0.2) is 0 Å². The van der Waals surface area contributed by atoms with E-state index in [1.165, 1.54) is 51.9 Å². The Morgan fingerprint density at radius 3 is 2.62 bits per heavy atom. The van der Waals surface area contributed by atoms with E-state index in [-0.39, 0.29) is 5.54 Å². The molecule has 0 aromatic carbocycles. The van der Waals surface area contributed by atoms with E-state index >= 15 is 0 Å². The molecule has 1 saturated carbocycles. The van der Waals surface area contributed by atoms with Crippen molar-refractivity contribution in [2.45, 2.75) is 76.0 Å². The zero-order valence-corrected chi connectivity index (χ0v) is 13.6. The Morgan fingerprint density at radius 2 is 1.86 bits per heavy atom. The topological polar surface area (TPSA) is 42.3 Å². The van der Waals surface area contributed by atoms with Gasteiger partial charge in [-0.3, -0.25) is 15.1 Å². The van der Waals surface area contributed by atoms with Gasteiger partial charge in [0, 0.05) is 24.7 Å². The van der Waals surface area contributed by atoms with Crippen LogP contribution >= 0.6 is 0 Å². The Morgan fingerprint density at radius 1 is 1.10 bits per heavy atom. The molecule has 4 nitrogen and oxygen atoms in total. The number of nitrogens with zero attached hydrogens (tertiary/aromatic N) is 3. The van der Waals surface area contributed by atoms with Gasteiger partial charge in [0.2, 0.25) is 0 Å². The van der Waals surface area contributed by atoms with E-state index in [4.69, 9.17) is 0 Å². The van der Waals surface area contributed by atoms with Crippen LogP contribution < -0.4 is 5.32 Å². The van der Waals surface area contributed by atoms with E-state index in [0.29, 0.717) is 12.1 Å². The molecule has 0 spiro atoms. The molecule has 4 heteroatoms. The molecule has 3 aliphatic rings. The van der Waals surface area contributed by atoms with Gasteiger partial charge in [-0.05, 0) is 72.0 Å². The molecule has 3 rings (SSSR count). The Labute approximate surface area is 129 Å². The first kappa shape index (κ1) is 15.3. The summed E-state index contributed by atoms with van der Waals surface area (Å²) < 4.78 is 0. The van der Waals surface area contributed by atoms with Crippen molar-refractivity contribution in [1.29, 1.82) is 5.26 Å². The summed E-state index contributed by atoms with van der Waals surface area (Å²) in [5.41, 5.74) is -0.277. The standard InChI is InChI=1S/C17H30N4/c1-14(2)19-17(13-18)7-6-15(11-17)21-10-4-9-20-8-3-5-16(20)12-21/h14-16,19H,3-12H2,1-2H3. The second kappa shape index (κ2) is 6.24. The molecule has 1 aliphatic carbocycles. The predicted molar refractivity (Wildman–Crippen MR) is 85.0 cm³/mol. The average molecular weight is 290 g/mol. The van der Waals surface area contributed by atoms with Gasteiger partial charge < -0.3 is 0 Å². The van der Waals surface area contributed by atoms with Crippen LogP contribution in [-0.2, 0) is 0 Å². The molecule has 2 saturated heterocycles. The lowest BCUT2D eigenvalue weighted by Crippen LogP contribution is -2.48. The summed E-state index contributed by atoms with van der Waals surface area (Å²) in [6, 6.07) is 4.37. The first-order valence-electron chi connectivity index (χ1n) is 8.79. The molecule has 0 radical (unpaired) electrons.